The summed E-state index contributed by atoms with van der Waals surface area (Å²) in [5, 5.41) is 16.7. The minimum atomic E-state index is -0.529. The molecule has 0 saturated heterocycles. The number of benzene rings is 1. The highest BCUT2D eigenvalue weighted by Gasteiger charge is 2.15. The highest BCUT2D eigenvalue weighted by atomic mass is 35.5. The Morgan fingerprint density at radius 1 is 1.30 bits per heavy atom. The van der Waals surface area contributed by atoms with E-state index in [2.05, 4.69) is 15.2 Å². The fourth-order valence-corrected chi connectivity index (χ4v) is 1.90. The summed E-state index contributed by atoms with van der Waals surface area (Å²) in [6.45, 7) is 0. The van der Waals surface area contributed by atoms with Crippen LogP contribution in [0.5, 0.6) is 11.5 Å². The minimum absolute atomic E-state index is 0.0141. The Labute approximate surface area is 135 Å². The summed E-state index contributed by atoms with van der Waals surface area (Å²) in [4.78, 5) is 15.6. The highest BCUT2D eigenvalue weighted by Crippen LogP contribution is 2.31. The number of aromatic amines is 1. The molecule has 2 aromatic heterocycles. The molecule has 3 aromatic rings. The van der Waals surface area contributed by atoms with E-state index in [1.54, 1.807) is 24.3 Å². The van der Waals surface area contributed by atoms with Crippen molar-refractivity contribution in [2.75, 3.05) is 0 Å². The number of nitrogens with zero attached hydrogens (tertiary/aromatic N) is 2. The number of ketones is 1. The predicted octanol–water partition coefficient (Wildman–Crippen LogP) is 3.63. The number of hydrogen-bond acceptors (Lipinski definition) is 6. The molecule has 0 atom stereocenters. The Morgan fingerprint density at radius 2 is 2.09 bits per heavy atom. The van der Waals surface area contributed by atoms with Gasteiger partial charge < -0.3 is 14.3 Å². The molecule has 0 unspecified atom stereocenters. The Kier molecular flexibility index (Phi) is 4.11. The number of aliphatic hydroxyl groups excluding tert-OH is 1. The highest BCUT2D eigenvalue weighted by molar-refractivity contribution is 6.30. The largest absolute Gasteiger partial charge is 0.507 e. The number of carbonyl (C=O) groups is 1. The van der Waals surface area contributed by atoms with Gasteiger partial charge in [0.25, 0.3) is 0 Å². The van der Waals surface area contributed by atoms with Crippen molar-refractivity contribution in [3.8, 4) is 11.5 Å². The van der Waals surface area contributed by atoms with E-state index in [-0.39, 0.29) is 22.9 Å². The number of allylic oxidation sites excluding steroid dienone is 1. The summed E-state index contributed by atoms with van der Waals surface area (Å²) >= 11 is 5.81. The number of nitrogens with one attached hydrogen (secondary N) is 1. The lowest BCUT2D eigenvalue weighted by atomic mass is 10.2. The number of H-pyrrole nitrogens is 1. The molecule has 0 bridgehead atoms. The average molecular weight is 332 g/mol. The van der Waals surface area contributed by atoms with Crippen molar-refractivity contribution >= 4 is 23.1 Å². The van der Waals surface area contributed by atoms with E-state index in [1.165, 1.54) is 18.9 Å². The molecule has 0 saturated carbocycles. The van der Waals surface area contributed by atoms with Crippen LogP contribution >= 0.6 is 11.6 Å². The lowest BCUT2D eigenvalue weighted by Crippen LogP contribution is -1.99. The molecule has 0 aliphatic carbocycles. The van der Waals surface area contributed by atoms with Crippen LogP contribution in [0.25, 0.3) is 5.76 Å². The monoisotopic (exact) mass is 331 g/mol. The zero-order valence-electron chi connectivity index (χ0n) is 11.6. The lowest BCUT2D eigenvalue weighted by molar-refractivity contribution is 0.103. The zero-order valence-corrected chi connectivity index (χ0v) is 12.3. The Morgan fingerprint density at radius 3 is 2.78 bits per heavy atom. The van der Waals surface area contributed by atoms with Gasteiger partial charge in [-0.1, -0.05) is 11.6 Å². The van der Waals surface area contributed by atoms with Gasteiger partial charge in [0.05, 0.1) is 5.56 Å². The number of aliphatic hydroxyl groups is 1. The van der Waals surface area contributed by atoms with Crippen LogP contribution in [0.2, 0.25) is 5.02 Å². The number of halogens is 1. The third-order valence-electron chi connectivity index (χ3n) is 2.86. The third kappa shape index (κ3) is 3.41. The van der Waals surface area contributed by atoms with Gasteiger partial charge in [-0.2, -0.15) is 5.10 Å². The van der Waals surface area contributed by atoms with E-state index in [0.29, 0.717) is 10.8 Å². The van der Waals surface area contributed by atoms with Crippen LogP contribution in [0.1, 0.15) is 16.2 Å². The van der Waals surface area contributed by atoms with Gasteiger partial charge in [0, 0.05) is 11.1 Å². The van der Waals surface area contributed by atoms with Crippen LogP contribution < -0.4 is 4.74 Å². The maximum atomic E-state index is 11.9. The first-order valence-corrected chi connectivity index (χ1v) is 6.81. The predicted molar refractivity (Wildman–Crippen MR) is 81.6 cm³/mol. The first kappa shape index (κ1) is 14.9. The third-order valence-corrected chi connectivity index (χ3v) is 3.11. The molecule has 0 amide bonds. The number of hydrogen-bond donors (Lipinski definition) is 2. The van der Waals surface area contributed by atoms with Gasteiger partial charge in [0.15, 0.2) is 11.6 Å². The summed E-state index contributed by atoms with van der Waals surface area (Å²) in [7, 11) is 0. The molecule has 2 heterocycles. The molecule has 8 heteroatoms. The normalized spacial score (nSPS) is 11.4. The molecule has 0 aliphatic rings. The summed E-state index contributed by atoms with van der Waals surface area (Å²) in [6.07, 6.45) is 4.78. The number of rotatable bonds is 5. The number of aromatic nitrogens is 3. The Hall–Kier alpha value is -3.06. The zero-order chi connectivity index (χ0) is 16.2. The smallest absolute Gasteiger partial charge is 0.226 e. The topological polar surface area (TPSA) is 101 Å². The van der Waals surface area contributed by atoms with E-state index in [1.807, 2.05) is 0 Å². The van der Waals surface area contributed by atoms with Crippen molar-refractivity contribution in [3.05, 3.63) is 65.6 Å². The first-order valence-electron chi connectivity index (χ1n) is 6.44. The summed E-state index contributed by atoms with van der Waals surface area (Å²) in [6, 6.07) is 6.67. The second-order valence-electron chi connectivity index (χ2n) is 4.43. The van der Waals surface area contributed by atoms with E-state index in [0.717, 1.165) is 6.08 Å². The lowest BCUT2D eigenvalue weighted by Gasteiger charge is -2.05. The second kappa shape index (κ2) is 6.37. The van der Waals surface area contributed by atoms with Crippen molar-refractivity contribution < 1.29 is 19.1 Å². The van der Waals surface area contributed by atoms with E-state index in [9.17, 15) is 9.90 Å². The van der Waals surface area contributed by atoms with E-state index in [4.69, 9.17) is 20.8 Å². The molecule has 0 aliphatic heterocycles. The van der Waals surface area contributed by atoms with Gasteiger partial charge in [-0.15, -0.1) is 0 Å². The molecule has 116 valence electrons. The van der Waals surface area contributed by atoms with Gasteiger partial charge >= 0.3 is 0 Å². The van der Waals surface area contributed by atoms with Crippen molar-refractivity contribution in [3.63, 3.8) is 0 Å². The van der Waals surface area contributed by atoms with Gasteiger partial charge in [-0.25, -0.2) is 4.98 Å². The van der Waals surface area contributed by atoms with Gasteiger partial charge in [-0.05, 0) is 24.3 Å². The van der Waals surface area contributed by atoms with Crippen LogP contribution in [-0.2, 0) is 0 Å². The van der Waals surface area contributed by atoms with Crippen LogP contribution in [0, 0.1) is 0 Å². The molecular weight excluding hydrogens is 322 g/mol. The maximum Gasteiger partial charge on any atom is 0.226 e. The van der Waals surface area contributed by atoms with E-state index >= 15 is 0 Å². The number of carbonyl (C=O) groups excluding carboxylic acids is 1. The summed E-state index contributed by atoms with van der Waals surface area (Å²) in [5.41, 5.74) is 0.229. The van der Waals surface area contributed by atoms with Gasteiger partial charge in [0.1, 0.15) is 30.4 Å². The summed E-state index contributed by atoms with van der Waals surface area (Å²) < 4.78 is 10.6. The van der Waals surface area contributed by atoms with Gasteiger partial charge in [0.2, 0.25) is 5.78 Å². The van der Waals surface area contributed by atoms with Crippen molar-refractivity contribution in [1.82, 2.24) is 15.2 Å². The van der Waals surface area contributed by atoms with Crippen LogP contribution in [0.3, 0.4) is 0 Å². The Balaban J connectivity index is 1.82. The fraction of sp³-hybridized carbons (Fsp3) is 0. The Bertz CT molecular complexity index is 838. The van der Waals surface area contributed by atoms with Crippen LogP contribution in [0.4, 0.5) is 0 Å². The fourth-order valence-electron chi connectivity index (χ4n) is 1.78. The van der Waals surface area contributed by atoms with Crippen molar-refractivity contribution in [1.29, 1.82) is 0 Å². The van der Waals surface area contributed by atoms with Gasteiger partial charge in [-0.3, -0.25) is 9.89 Å². The molecule has 3 rings (SSSR count). The molecule has 1 aromatic carbocycles. The van der Waals surface area contributed by atoms with Crippen LogP contribution in [0.15, 0.2) is 53.6 Å². The molecule has 7 nitrogen and oxygen atoms in total. The maximum absolute atomic E-state index is 11.9. The molecule has 0 radical (unpaired) electrons. The molecular formula is C15H10ClN3O4. The minimum Gasteiger partial charge on any atom is -0.507 e. The summed E-state index contributed by atoms with van der Waals surface area (Å²) in [5.74, 6) is -0.0687. The second-order valence-corrected chi connectivity index (χ2v) is 4.87. The molecule has 0 fully saturated rings. The first-order chi connectivity index (χ1) is 11.1. The van der Waals surface area contributed by atoms with Crippen LogP contribution in [-0.4, -0.2) is 26.1 Å². The molecule has 0 spiro atoms. The number of furan rings is 1. The van der Waals surface area contributed by atoms with Crippen molar-refractivity contribution in [2.24, 2.45) is 0 Å². The van der Waals surface area contributed by atoms with E-state index < -0.39 is 5.78 Å². The quantitative estimate of drug-likeness (QED) is 0.420. The average Bonchev–Trinajstić information content (AvgIpc) is 3.20. The SMILES string of the molecule is O=C(C=C(O)c1cocc1Oc1ccc(Cl)cc1)c1ncn[nH]1. The number of ether oxygens (including phenoxy) is 1. The van der Waals surface area contributed by atoms with Crippen molar-refractivity contribution in [2.45, 2.75) is 0 Å². The molecule has 23 heavy (non-hydrogen) atoms. The molecule has 2 N–H and O–H groups in total. The standard InChI is InChI=1S/C15H10ClN3O4/c16-9-1-3-10(4-2-9)23-14-7-22-6-11(14)12(20)5-13(21)15-17-8-18-19-15/h1-8,20H,(H,17,18,19).